The summed E-state index contributed by atoms with van der Waals surface area (Å²) in [7, 11) is 0. The first-order chi connectivity index (χ1) is 12.1. The van der Waals surface area contributed by atoms with E-state index in [-0.39, 0.29) is 22.5 Å². The van der Waals surface area contributed by atoms with Crippen LogP contribution >= 0.6 is 11.6 Å². The maximum atomic E-state index is 13.1. The molecule has 0 aliphatic heterocycles. The van der Waals surface area contributed by atoms with Gasteiger partial charge < -0.3 is 10.6 Å². The summed E-state index contributed by atoms with van der Waals surface area (Å²) in [6.07, 6.45) is -4.69. The zero-order valence-corrected chi connectivity index (χ0v) is 14.6. The molecule has 26 heavy (non-hydrogen) atoms. The summed E-state index contributed by atoms with van der Waals surface area (Å²) >= 11 is 5.60. The van der Waals surface area contributed by atoms with E-state index < -0.39 is 29.2 Å². The van der Waals surface area contributed by atoms with Gasteiger partial charge in [0.15, 0.2) is 0 Å². The van der Waals surface area contributed by atoms with E-state index in [1.807, 2.05) is 0 Å². The number of hydrogen-bond acceptors (Lipinski definition) is 3. The number of anilines is 1. The van der Waals surface area contributed by atoms with E-state index in [4.69, 9.17) is 11.6 Å². The number of amides is 2. The first-order valence-electron chi connectivity index (χ1n) is 7.54. The van der Waals surface area contributed by atoms with E-state index in [2.05, 4.69) is 15.6 Å². The third-order valence-electron chi connectivity index (χ3n) is 3.17. The molecular weight excluding hydrogens is 371 g/mol. The topological polar surface area (TPSA) is 71.1 Å². The van der Waals surface area contributed by atoms with Gasteiger partial charge in [0.05, 0.1) is 11.3 Å². The van der Waals surface area contributed by atoms with E-state index in [9.17, 15) is 22.8 Å². The van der Waals surface area contributed by atoms with Gasteiger partial charge in [0, 0.05) is 11.1 Å². The smallest absolute Gasteiger partial charge is 0.349 e. The molecule has 2 amide bonds. The Morgan fingerprint density at radius 3 is 2.27 bits per heavy atom. The summed E-state index contributed by atoms with van der Waals surface area (Å²) in [5.74, 6) is -1.37. The van der Waals surface area contributed by atoms with Crippen molar-refractivity contribution in [3.63, 3.8) is 0 Å². The second-order valence-electron chi connectivity index (χ2n) is 5.68. The van der Waals surface area contributed by atoms with Crippen LogP contribution in [-0.2, 0) is 6.18 Å². The SMILES string of the molecule is CC(C)NC(=O)c1cccc(C(=O)Nc2ccc(Cl)cc2C(F)(F)F)n1. The van der Waals surface area contributed by atoms with E-state index in [0.29, 0.717) is 0 Å². The Labute approximate surface area is 152 Å². The standard InChI is InChI=1S/C17H15ClF3N3O2/c1-9(2)22-15(25)13-4-3-5-14(23-13)16(26)24-12-7-6-10(18)8-11(12)17(19,20)21/h3-9H,1-2H3,(H,22,25)(H,24,26). The van der Waals surface area contributed by atoms with E-state index in [1.54, 1.807) is 13.8 Å². The number of nitrogens with zero attached hydrogens (tertiary/aromatic N) is 1. The lowest BCUT2D eigenvalue weighted by Crippen LogP contribution is -2.31. The molecule has 0 unspecified atom stereocenters. The molecule has 0 fully saturated rings. The van der Waals surface area contributed by atoms with Crippen LogP contribution in [0.2, 0.25) is 5.02 Å². The molecule has 1 aromatic heterocycles. The zero-order chi connectivity index (χ0) is 19.5. The Balaban J connectivity index is 2.28. The predicted octanol–water partition coefficient (Wildman–Crippen LogP) is 4.14. The lowest BCUT2D eigenvalue weighted by Gasteiger charge is -2.14. The molecule has 0 spiro atoms. The highest BCUT2D eigenvalue weighted by Crippen LogP contribution is 2.36. The second kappa shape index (κ2) is 7.74. The molecular formula is C17H15ClF3N3O2. The molecule has 1 aromatic carbocycles. The molecule has 2 N–H and O–H groups in total. The van der Waals surface area contributed by atoms with Gasteiger partial charge >= 0.3 is 6.18 Å². The number of pyridine rings is 1. The number of hydrogen-bond donors (Lipinski definition) is 2. The van der Waals surface area contributed by atoms with Crippen molar-refractivity contribution in [2.24, 2.45) is 0 Å². The third kappa shape index (κ3) is 4.95. The highest BCUT2D eigenvalue weighted by atomic mass is 35.5. The summed E-state index contributed by atoms with van der Waals surface area (Å²) in [6.45, 7) is 3.52. The molecule has 0 saturated carbocycles. The number of aromatic nitrogens is 1. The van der Waals surface area contributed by atoms with Crippen LogP contribution in [0.1, 0.15) is 40.4 Å². The number of rotatable bonds is 4. The van der Waals surface area contributed by atoms with E-state index >= 15 is 0 Å². The molecule has 138 valence electrons. The molecule has 0 aliphatic rings. The number of alkyl halides is 3. The van der Waals surface area contributed by atoms with Crippen LogP contribution in [0.25, 0.3) is 0 Å². The summed E-state index contributed by atoms with van der Waals surface area (Å²) in [5.41, 5.74) is -1.74. The minimum absolute atomic E-state index is 0.0153. The van der Waals surface area contributed by atoms with Crippen LogP contribution < -0.4 is 10.6 Å². The number of halogens is 4. The van der Waals surface area contributed by atoms with Gasteiger partial charge in [0.1, 0.15) is 11.4 Å². The normalized spacial score (nSPS) is 11.3. The van der Waals surface area contributed by atoms with Crippen LogP contribution in [-0.4, -0.2) is 22.8 Å². The number of carbonyl (C=O) groups is 2. The fourth-order valence-corrected chi connectivity index (χ4v) is 2.24. The minimum atomic E-state index is -4.69. The van der Waals surface area contributed by atoms with Crippen molar-refractivity contribution in [2.45, 2.75) is 26.1 Å². The summed E-state index contributed by atoms with van der Waals surface area (Å²) in [5, 5.41) is 4.66. The molecule has 0 bridgehead atoms. The zero-order valence-electron chi connectivity index (χ0n) is 13.8. The van der Waals surface area contributed by atoms with Crippen molar-refractivity contribution in [1.82, 2.24) is 10.3 Å². The lowest BCUT2D eigenvalue weighted by atomic mass is 10.1. The molecule has 9 heteroatoms. The van der Waals surface area contributed by atoms with Gasteiger partial charge in [-0.1, -0.05) is 17.7 Å². The summed E-state index contributed by atoms with van der Waals surface area (Å²) < 4.78 is 39.3. The lowest BCUT2D eigenvalue weighted by molar-refractivity contribution is -0.136. The highest BCUT2D eigenvalue weighted by Gasteiger charge is 2.34. The van der Waals surface area contributed by atoms with E-state index in [0.717, 1.165) is 12.1 Å². The van der Waals surface area contributed by atoms with Crippen molar-refractivity contribution in [1.29, 1.82) is 0 Å². The fraction of sp³-hybridized carbons (Fsp3) is 0.235. The van der Waals surface area contributed by atoms with Crippen LogP contribution in [0, 0.1) is 0 Å². The van der Waals surface area contributed by atoms with E-state index in [1.165, 1.54) is 24.3 Å². The fourth-order valence-electron chi connectivity index (χ4n) is 2.07. The third-order valence-corrected chi connectivity index (χ3v) is 3.40. The Morgan fingerprint density at radius 1 is 1.08 bits per heavy atom. The molecule has 0 radical (unpaired) electrons. The quantitative estimate of drug-likeness (QED) is 0.830. The molecule has 2 aromatic rings. The monoisotopic (exact) mass is 385 g/mol. The Bertz CT molecular complexity index is 838. The summed E-state index contributed by atoms with van der Waals surface area (Å²) in [4.78, 5) is 28.1. The van der Waals surface area contributed by atoms with Crippen molar-refractivity contribution in [3.05, 3.63) is 58.4 Å². The van der Waals surface area contributed by atoms with Crippen LogP contribution in [0.5, 0.6) is 0 Å². The maximum Gasteiger partial charge on any atom is 0.418 e. The van der Waals surface area contributed by atoms with Gasteiger partial charge in [-0.2, -0.15) is 13.2 Å². The van der Waals surface area contributed by atoms with Gasteiger partial charge in [0.2, 0.25) is 0 Å². The van der Waals surface area contributed by atoms with Gasteiger partial charge in [-0.3, -0.25) is 9.59 Å². The average molecular weight is 386 g/mol. The van der Waals surface area contributed by atoms with Crippen LogP contribution in [0.4, 0.5) is 18.9 Å². The molecule has 0 aliphatic carbocycles. The number of carbonyl (C=O) groups excluding carboxylic acids is 2. The van der Waals surface area contributed by atoms with Crippen molar-refractivity contribution in [3.8, 4) is 0 Å². The Kier molecular flexibility index (Phi) is 5.86. The minimum Gasteiger partial charge on any atom is -0.349 e. The van der Waals surface area contributed by atoms with Gasteiger partial charge in [-0.05, 0) is 44.2 Å². The van der Waals surface area contributed by atoms with Crippen molar-refractivity contribution >= 4 is 29.1 Å². The molecule has 5 nitrogen and oxygen atoms in total. The van der Waals surface area contributed by atoms with Crippen molar-refractivity contribution in [2.75, 3.05) is 5.32 Å². The van der Waals surface area contributed by atoms with Crippen molar-refractivity contribution < 1.29 is 22.8 Å². The largest absolute Gasteiger partial charge is 0.418 e. The molecule has 0 atom stereocenters. The molecule has 0 saturated heterocycles. The Hall–Kier alpha value is -2.61. The second-order valence-corrected chi connectivity index (χ2v) is 6.11. The first-order valence-corrected chi connectivity index (χ1v) is 7.91. The predicted molar refractivity (Wildman–Crippen MR) is 91.2 cm³/mol. The number of benzene rings is 1. The maximum absolute atomic E-state index is 13.1. The van der Waals surface area contributed by atoms with Gasteiger partial charge in [-0.25, -0.2) is 4.98 Å². The van der Waals surface area contributed by atoms with Gasteiger partial charge in [0.25, 0.3) is 11.8 Å². The first kappa shape index (κ1) is 19.7. The summed E-state index contributed by atoms with van der Waals surface area (Å²) in [6, 6.07) is 6.99. The molecule has 1 heterocycles. The highest BCUT2D eigenvalue weighted by molar-refractivity contribution is 6.30. The average Bonchev–Trinajstić information content (AvgIpc) is 2.55. The number of nitrogens with one attached hydrogen (secondary N) is 2. The molecule has 2 rings (SSSR count). The van der Waals surface area contributed by atoms with Gasteiger partial charge in [-0.15, -0.1) is 0 Å². The Morgan fingerprint density at radius 2 is 1.69 bits per heavy atom. The van der Waals surface area contributed by atoms with Crippen LogP contribution in [0.15, 0.2) is 36.4 Å². The van der Waals surface area contributed by atoms with Crippen LogP contribution in [0.3, 0.4) is 0 Å².